The second-order valence-corrected chi connectivity index (χ2v) is 8.68. The molecule has 1 amide bonds. The van der Waals surface area contributed by atoms with Gasteiger partial charge in [-0.25, -0.2) is 4.98 Å². The molecule has 7 heteroatoms. The first-order valence-electron chi connectivity index (χ1n) is 9.88. The minimum atomic E-state index is -0.0598. The van der Waals surface area contributed by atoms with Gasteiger partial charge >= 0.3 is 0 Å². The van der Waals surface area contributed by atoms with Gasteiger partial charge in [-0.1, -0.05) is 12.1 Å². The molecule has 2 aromatic heterocycles. The smallest absolute Gasteiger partial charge is 0.262 e. The maximum atomic E-state index is 13.0. The Balaban J connectivity index is 1.50. The number of hydrogen-bond acceptors (Lipinski definition) is 5. The summed E-state index contributed by atoms with van der Waals surface area (Å²) in [6.07, 6.45) is 3.78. The van der Waals surface area contributed by atoms with Gasteiger partial charge in [0.25, 0.3) is 5.56 Å². The molecule has 1 unspecified atom stereocenters. The lowest BCUT2D eigenvalue weighted by atomic mass is 10.0. The zero-order valence-corrected chi connectivity index (χ0v) is 17.8. The molecule has 1 aliphatic heterocycles. The first-order chi connectivity index (χ1) is 14.0. The summed E-state index contributed by atoms with van der Waals surface area (Å²) < 4.78 is 6.89. The summed E-state index contributed by atoms with van der Waals surface area (Å²) in [5.74, 6) is 0.870. The monoisotopic (exact) mass is 411 g/mol. The quantitative estimate of drug-likeness (QED) is 0.640. The van der Waals surface area contributed by atoms with E-state index in [-0.39, 0.29) is 23.9 Å². The van der Waals surface area contributed by atoms with Crippen LogP contribution < -0.4 is 10.3 Å². The van der Waals surface area contributed by atoms with Crippen molar-refractivity contribution >= 4 is 27.5 Å². The van der Waals surface area contributed by atoms with Crippen molar-refractivity contribution in [3.05, 3.63) is 57.0 Å². The van der Waals surface area contributed by atoms with E-state index in [1.165, 1.54) is 11.3 Å². The summed E-state index contributed by atoms with van der Waals surface area (Å²) in [5.41, 5.74) is 2.02. The van der Waals surface area contributed by atoms with E-state index in [1.807, 2.05) is 43.0 Å². The predicted octanol–water partition coefficient (Wildman–Crippen LogP) is 3.84. The molecule has 0 N–H and O–H groups in total. The Labute approximate surface area is 173 Å². The zero-order valence-electron chi connectivity index (χ0n) is 17.0. The first-order valence-corrected chi connectivity index (χ1v) is 10.7. The number of rotatable bonds is 5. The van der Waals surface area contributed by atoms with Crippen LogP contribution in [0, 0.1) is 13.8 Å². The number of aromatic nitrogens is 2. The van der Waals surface area contributed by atoms with Gasteiger partial charge in [0.15, 0.2) is 0 Å². The molecule has 0 radical (unpaired) electrons. The minimum Gasteiger partial charge on any atom is -0.497 e. The molecular weight excluding hydrogens is 386 g/mol. The number of nitrogens with zero attached hydrogens (tertiary/aromatic N) is 3. The van der Waals surface area contributed by atoms with E-state index in [0.717, 1.165) is 46.0 Å². The largest absolute Gasteiger partial charge is 0.497 e. The Bertz CT molecular complexity index is 1120. The van der Waals surface area contributed by atoms with E-state index in [2.05, 4.69) is 4.98 Å². The van der Waals surface area contributed by atoms with Gasteiger partial charge in [0.2, 0.25) is 5.91 Å². The number of methoxy groups -OCH3 is 1. The molecule has 1 fully saturated rings. The second-order valence-electron chi connectivity index (χ2n) is 7.48. The highest BCUT2D eigenvalue weighted by molar-refractivity contribution is 7.18. The maximum Gasteiger partial charge on any atom is 0.262 e. The van der Waals surface area contributed by atoms with Gasteiger partial charge in [0, 0.05) is 24.4 Å². The fourth-order valence-electron chi connectivity index (χ4n) is 4.05. The van der Waals surface area contributed by atoms with Crippen LogP contribution in [0.4, 0.5) is 0 Å². The van der Waals surface area contributed by atoms with Crippen LogP contribution in [-0.2, 0) is 11.3 Å². The Morgan fingerprint density at radius 2 is 2.17 bits per heavy atom. The number of likely N-dealkylation sites (tertiary alicyclic amines) is 1. The minimum absolute atomic E-state index is 0.0598. The summed E-state index contributed by atoms with van der Waals surface area (Å²) in [7, 11) is 1.65. The average Bonchev–Trinajstić information content (AvgIpc) is 3.33. The van der Waals surface area contributed by atoms with Crippen molar-refractivity contribution in [3.8, 4) is 5.75 Å². The van der Waals surface area contributed by atoms with E-state index in [0.29, 0.717) is 11.9 Å². The molecule has 0 spiro atoms. The average molecular weight is 412 g/mol. The van der Waals surface area contributed by atoms with Crippen molar-refractivity contribution in [1.82, 2.24) is 14.5 Å². The zero-order chi connectivity index (χ0) is 20.5. The van der Waals surface area contributed by atoms with E-state index < -0.39 is 0 Å². The van der Waals surface area contributed by atoms with Crippen molar-refractivity contribution in [2.75, 3.05) is 13.7 Å². The SMILES string of the molecule is COc1cccc(C2CCCN2C(=O)CCn2cnc3sc(C)c(C)c3c2=O)c1. The summed E-state index contributed by atoms with van der Waals surface area (Å²) in [6, 6.07) is 7.98. The molecule has 6 nitrogen and oxygen atoms in total. The fraction of sp³-hybridized carbons (Fsp3) is 0.409. The lowest BCUT2D eigenvalue weighted by Crippen LogP contribution is -2.32. The molecule has 0 saturated carbocycles. The maximum absolute atomic E-state index is 13.0. The molecule has 3 aromatic rings. The van der Waals surface area contributed by atoms with Crippen molar-refractivity contribution in [2.24, 2.45) is 0 Å². The van der Waals surface area contributed by atoms with Crippen LogP contribution in [0.2, 0.25) is 0 Å². The summed E-state index contributed by atoms with van der Waals surface area (Å²) in [6.45, 7) is 5.04. The summed E-state index contributed by atoms with van der Waals surface area (Å²) in [4.78, 5) is 34.0. The van der Waals surface area contributed by atoms with Crippen molar-refractivity contribution < 1.29 is 9.53 Å². The third-order valence-electron chi connectivity index (χ3n) is 5.77. The number of fused-ring (bicyclic) bond motifs is 1. The molecule has 1 saturated heterocycles. The van der Waals surface area contributed by atoms with E-state index in [1.54, 1.807) is 18.0 Å². The third kappa shape index (κ3) is 3.67. The number of carbonyl (C=O) groups is 1. The topological polar surface area (TPSA) is 64.4 Å². The summed E-state index contributed by atoms with van der Waals surface area (Å²) in [5, 5.41) is 0.679. The second kappa shape index (κ2) is 7.99. The van der Waals surface area contributed by atoms with Crippen LogP contribution >= 0.6 is 11.3 Å². The predicted molar refractivity (Wildman–Crippen MR) is 115 cm³/mol. The van der Waals surface area contributed by atoms with Crippen LogP contribution in [0.1, 0.15) is 41.3 Å². The fourth-order valence-corrected chi connectivity index (χ4v) is 5.04. The molecule has 152 valence electrons. The van der Waals surface area contributed by atoms with Gasteiger partial charge in [-0.2, -0.15) is 0 Å². The van der Waals surface area contributed by atoms with Gasteiger partial charge < -0.3 is 9.64 Å². The van der Waals surface area contributed by atoms with Crippen molar-refractivity contribution in [2.45, 2.75) is 45.7 Å². The van der Waals surface area contributed by atoms with Crippen LogP contribution in [0.25, 0.3) is 10.2 Å². The van der Waals surface area contributed by atoms with Gasteiger partial charge in [0.05, 0.1) is 24.9 Å². The van der Waals surface area contributed by atoms with Gasteiger partial charge in [-0.15, -0.1) is 11.3 Å². The normalized spacial score (nSPS) is 16.5. The third-order valence-corrected chi connectivity index (χ3v) is 6.89. The van der Waals surface area contributed by atoms with Crippen molar-refractivity contribution in [1.29, 1.82) is 0 Å². The van der Waals surface area contributed by atoms with Crippen LogP contribution in [-0.4, -0.2) is 34.0 Å². The number of amides is 1. The molecule has 29 heavy (non-hydrogen) atoms. The standard InChI is InChI=1S/C22H25N3O3S/c1-14-15(2)29-21-20(14)22(27)24(13-23-21)11-9-19(26)25-10-5-8-18(25)16-6-4-7-17(12-16)28-3/h4,6-7,12-13,18H,5,8-11H2,1-3H3. The molecule has 0 bridgehead atoms. The Kier molecular flexibility index (Phi) is 5.41. The number of carbonyl (C=O) groups excluding carboxylic acids is 1. The number of hydrogen-bond donors (Lipinski definition) is 0. The van der Waals surface area contributed by atoms with Crippen LogP contribution in [0.3, 0.4) is 0 Å². The first kappa shape index (κ1) is 19.6. The highest BCUT2D eigenvalue weighted by Gasteiger charge is 2.30. The molecule has 1 atom stereocenters. The Morgan fingerprint density at radius 3 is 2.97 bits per heavy atom. The lowest BCUT2D eigenvalue weighted by Gasteiger charge is -2.25. The van der Waals surface area contributed by atoms with Crippen LogP contribution in [0.5, 0.6) is 5.75 Å². The molecular formula is C22H25N3O3S. The Hall–Kier alpha value is -2.67. The van der Waals surface area contributed by atoms with Crippen molar-refractivity contribution in [3.63, 3.8) is 0 Å². The summed E-state index contributed by atoms with van der Waals surface area (Å²) >= 11 is 1.54. The molecule has 3 heterocycles. The number of aryl methyl sites for hydroxylation is 3. The van der Waals surface area contributed by atoms with Gasteiger partial charge in [0.1, 0.15) is 10.6 Å². The molecule has 0 aliphatic carbocycles. The van der Waals surface area contributed by atoms with Gasteiger partial charge in [-0.05, 0) is 49.9 Å². The molecule has 1 aromatic carbocycles. The Morgan fingerprint density at radius 1 is 1.34 bits per heavy atom. The highest BCUT2D eigenvalue weighted by atomic mass is 32.1. The molecule has 4 rings (SSSR count). The molecule has 1 aliphatic rings. The van der Waals surface area contributed by atoms with E-state index >= 15 is 0 Å². The lowest BCUT2D eigenvalue weighted by molar-refractivity contribution is -0.132. The number of benzene rings is 1. The van der Waals surface area contributed by atoms with E-state index in [4.69, 9.17) is 4.74 Å². The van der Waals surface area contributed by atoms with Gasteiger partial charge in [-0.3, -0.25) is 14.2 Å². The number of ether oxygens (including phenoxy) is 1. The highest BCUT2D eigenvalue weighted by Crippen LogP contribution is 2.34. The number of thiophene rings is 1. The van der Waals surface area contributed by atoms with Crippen LogP contribution in [0.15, 0.2) is 35.4 Å². The van der Waals surface area contributed by atoms with E-state index in [9.17, 15) is 9.59 Å².